The third kappa shape index (κ3) is 5.77. The smallest absolute Gasteiger partial charge is 0.418 e. The normalized spacial score (nSPS) is 11.0. The highest BCUT2D eigenvalue weighted by molar-refractivity contribution is 7.08. The maximum absolute atomic E-state index is 9.75. The Balaban J connectivity index is 0.000000376. The van der Waals surface area contributed by atoms with Crippen molar-refractivity contribution in [1.29, 1.82) is 0 Å². The summed E-state index contributed by atoms with van der Waals surface area (Å²) in [5.74, 6) is 1.80. The number of hydrogen-bond donors (Lipinski definition) is 0. The minimum Gasteiger partial charge on any atom is -0.418 e. The molecule has 0 N–H and O–H groups in total. The van der Waals surface area contributed by atoms with Gasteiger partial charge >= 0.3 is 18.8 Å². The molecule has 4 rings (SSSR count). The Labute approximate surface area is 161 Å². The van der Waals surface area contributed by atoms with Crippen molar-refractivity contribution in [2.75, 3.05) is 0 Å². The molecule has 0 radical (unpaired) electrons. The van der Waals surface area contributed by atoms with Crippen LogP contribution in [-0.4, -0.2) is 7.25 Å². The molecule has 1 aromatic carbocycles. The van der Waals surface area contributed by atoms with E-state index < -0.39 is 7.25 Å². The van der Waals surface area contributed by atoms with Gasteiger partial charge in [0.2, 0.25) is 0 Å². The third-order valence-corrected chi connectivity index (χ3v) is 4.88. The maximum Gasteiger partial charge on any atom is 0.673 e. The highest BCUT2D eigenvalue weighted by Gasteiger charge is 2.21. The van der Waals surface area contributed by atoms with Crippen LogP contribution < -0.4 is 0 Å². The minimum atomic E-state index is -6.00. The first-order chi connectivity index (χ1) is 12.9. The van der Waals surface area contributed by atoms with Gasteiger partial charge in [-0.05, 0) is 46.0 Å². The van der Waals surface area contributed by atoms with Crippen molar-refractivity contribution in [3.05, 3.63) is 76.1 Å². The number of thiophene rings is 2. The quantitative estimate of drug-likeness (QED) is 0.190. The summed E-state index contributed by atoms with van der Waals surface area (Å²) in [5, 5.41) is 8.46. The number of hydrogen-bond acceptors (Lipinski definition) is 2. The first kappa shape index (κ1) is 19.3. The van der Waals surface area contributed by atoms with E-state index in [-0.39, 0.29) is 0 Å². The van der Waals surface area contributed by atoms with Crippen molar-refractivity contribution in [1.82, 2.24) is 0 Å². The zero-order valence-electron chi connectivity index (χ0n) is 13.8. The van der Waals surface area contributed by atoms with E-state index in [0.29, 0.717) is 0 Å². The van der Waals surface area contributed by atoms with Gasteiger partial charge in [-0.1, -0.05) is 18.2 Å². The molecule has 0 bridgehead atoms. The lowest BCUT2D eigenvalue weighted by Gasteiger charge is -1.98. The highest BCUT2D eigenvalue weighted by Crippen LogP contribution is 2.34. The molecule has 0 unspecified atom stereocenters. The van der Waals surface area contributed by atoms with Crippen molar-refractivity contribution < 1.29 is 21.7 Å². The average molecular weight is 408 g/mol. The predicted molar refractivity (Wildman–Crippen MR) is 105 cm³/mol. The highest BCUT2D eigenvalue weighted by atomic mass is 32.1. The summed E-state index contributed by atoms with van der Waals surface area (Å²) in [7, 11) is -6.00. The van der Waals surface area contributed by atoms with E-state index in [1.54, 1.807) is 22.7 Å². The lowest BCUT2D eigenvalue weighted by Crippen LogP contribution is -2.02. The molecule has 0 spiro atoms. The van der Waals surface area contributed by atoms with E-state index in [9.17, 15) is 17.3 Å². The molecule has 0 aliphatic rings. The van der Waals surface area contributed by atoms with Gasteiger partial charge in [-0.15, -0.1) is 0 Å². The van der Waals surface area contributed by atoms with Gasteiger partial charge < -0.3 is 17.3 Å². The van der Waals surface area contributed by atoms with Crippen molar-refractivity contribution in [3.8, 4) is 33.8 Å². The zero-order valence-corrected chi connectivity index (χ0v) is 15.5. The molecule has 0 saturated heterocycles. The molecule has 0 saturated carbocycles. The lowest BCUT2D eigenvalue weighted by atomic mass is 10.0. The van der Waals surface area contributed by atoms with Gasteiger partial charge in [0.25, 0.3) is 0 Å². The van der Waals surface area contributed by atoms with Crippen molar-refractivity contribution in [3.63, 3.8) is 0 Å². The molecule has 3 aromatic heterocycles. The Morgan fingerprint density at radius 1 is 0.630 bits per heavy atom. The number of halogens is 4. The van der Waals surface area contributed by atoms with E-state index >= 15 is 0 Å². The number of benzene rings is 1. The van der Waals surface area contributed by atoms with Crippen LogP contribution in [-0.2, 0) is 0 Å². The largest absolute Gasteiger partial charge is 0.673 e. The Bertz CT molecular complexity index is 910. The molecule has 0 amide bonds. The molecule has 138 valence electrons. The summed E-state index contributed by atoms with van der Waals surface area (Å²) in [6, 6.07) is 18.7. The molecule has 4 aromatic rings. The van der Waals surface area contributed by atoms with E-state index in [1.165, 1.54) is 11.1 Å². The number of rotatable bonds is 3. The molecule has 0 fully saturated rings. The van der Waals surface area contributed by atoms with E-state index in [0.717, 1.165) is 22.6 Å². The topological polar surface area (TPSA) is 11.3 Å². The van der Waals surface area contributed by atoms with Crippen molar-refractivity contribution in [2.45, 2.75) is 0 Å². The van der Waals surface area contributed by atoms with Crippen molar-refractivity contribution >= 4 is 29.9 Å². The van der Waals surface area contributed by atoms with Crippen LogP contribution >= 0.6 is 22.7 Å². The van der Waals surface area contributed by atoms with Gasteiger partial charge in [0, 0.05) is 10.9 Å². The molecule has 8 heteroatoms. The lowest BCUT2D eigenvalue weighted by molar-refractivity contribution is 0.368. The molecular weight excluding hydrogens is 395 g/mol. The van der Waals surface area contributed by atoms with Crippen LogP contribution in [0.5, 0.6) is 0 Å². The molecular formula is C19H13BF4OS2. The Morgan fingerprint density at radius 3 is 1.67 bits per heavy atom. The monoisotopic (exact) mass is 408 g/mol. The standard InChI is InChI=1S/C19H13OS2.BF4/c1-2-4-14(5-3-1)18-10-17(15-6-8-21-12-15)11-19(20-18)16-7-9-22-13-16;2-1(3,4)5/h1-13H;/q+1;-1. The van der Waals surface area contributed by atoms with Crippen LogP contribution in [0.1, 0.15) is 0 Å². The molecule has 1 nitrogen and oxygen atoms in total. The van der Waals surface area contributed by atoms with Gasteiger partial charge in [0.1, 0.15) is 0 Å². The van der Waals surface area contributed by atoms with Crippen LogP contribution in [0.3, 0.4) is 0 Å². The van der Waals surface area contributed by atoms with Crippen LogP contribution in [0.2, 0.25) is 0 Å². The second kappa shape index (κ2) is 8.50. The molecule has 3 heterocycles. The van der Waals surface area contributed by atoms with E-state index in [2.05, 4.69) is 57.9 Å². The predicted octanol–water partition coefficient (Wildman–Crippen LogP) is 7.98. The zero-order chi connectivity index (χ0) is 19.3. The first-order valence-corrected chi connectivity index (χ1v) is 9.75. The maximum atomic E-state index is 9.75. The SMILES string of the molecule is F[B-](F)(F)F.c1ccc(-c2cc(-c3ccsc3)cc(-c3ccsc3)[o+]2)cc1. The fourth-order valence-electron chi connectivity index (χ4n) is 2.39. The van der Waals surface area contributed by atoms with Gasteiger partial charge in [0.15, 0.2) is 0 Å². The molecule has 0 aliphatic heterocycles. The van der Waals surface area contributed by atoms with E-state index in [4.69, 9.17) is 4.42 Å². The fourth-order valence-corrected chi connectivity index (χ4v) is 3.70. The first-order valence-electron chi connectivity index (χ1n) is 7.86. The van der Waals surface area contributed by atoms with Crippen LogP contribution in [0, 0.1) is 0 Å². The Hall–Kier alpha value is -2.45. The van der Waals surface area contributed by atoms with Crippen LogP contribution in [0.15, 0.2) is 80.5 Å². The van der Waals surface area contributed by atoms with Crippen LogP contribution in [0.4, 0.5) is 17.3 Å². The summed E-state index contributed by atoms with van der Waals surface area (Å²) in [5.41, 5.74) is 4.64. The summed E-state index contributed by atoms with van der Waals surface area (Å²) in [4.78, 5) is 0. The van der Waals surface area contributed by atoms with Gasteiger partial charge in [-0.25, -0.2) is 4.42 Å². The minimum absolute atomic E-state index is 0.894. The molecule has 0 atom stereocenters. The fraction of sp³-hybridized carbons (Fsp3) is 0. The van der Waals surface area contributed by atoms with Crippen LogP contribution in [0.25, 0.3) is 33.8 Å². The summed E-state index contributed by atoms with van der Waals surface area (Å²) in [6.45, 7) is 0. The third-order valence-electron chi connectivity index (χ3n) is 3.51. The van der Waals surface area contributed by atoms with E-state index in [1.807, 2.05) is 18.2 Å². The summed E-state index contributed by atoms with van der Waals surface area (Å²) >= 11 is 3.39. The van der Waals surface area contributed by atoms with Gasteiger partial charge in [-0.2, -0.15) is 22.7 Å². The summed E-state index contributed by atoms with van der Waals surface area (Å²) in [6.07, 6.45) is 0. The van der Waals surface area contributed by atoms with Crippen molar-refractivity contribution in [2.24, 2.45) is 0 Å². The Morgan fingerprint density at radius 2 is 1.15 bits per heavy atom. The average Bonchev–Trinajstić information content (AvgIpc) is 3.34. The Kier molecular flexibility index (Phi) is 6.08. The second-order valence-electron chi connectivity index (χ2n) is 5.46. The summed E-state index contributed by atoms with van der Waals surface area (Å²) < 4.78 is 45.2. The molecule has 0 aliphatic carbocycles. The van der Waals surface area contributed by atoms with Gasteiger partial charge in [-0.3, -0.25) is 0 Å². The van der Waals surface area contributed by atoms with Gasteiger partial charge in [0.05, 0.1) is 23.3 Å². The second-order valence-corrected chi connectivity index (χ2v) is 7.02. The molecule has 27 heavy (non-hydrogen) atoms.